The molecule has 0 bridgehead atoms. The van der Waals surface area contributed by atoms with E-state index in [2.05, 4.69) is 0 Å². The first-order chi connectivity index (χ1) is 3.68. The molecular weight excluding hydrogens is 147 g/mol. The van der Waals surface area contributed by atoms with Gasteiger partial charge in [0.15, 0.2) is 0 Å². The van der Waals surface area contributed by atoms with Gasteiger partial charge in [0, 0.05) is 5.88 Å². The Morgan fingerprint density at radius 1 is 1.75 bits per heavy atom. The van der Waals surface area contributed by atoms with Crippen molar-refractivity contribution in [2.24, 2.45) is 0 Å². The summed E-state index contributed by atoms with van der Waals surface area (Å²) in [5.41, 5.74) is 0. The van der Waals surface area contributed by atoms with Crippen LogP contribution in [-0.4, -0.2) is 17.0 Å². The number of carbonyl (C=O) groups excluding carboxylic acids is 1. The summed E-state index contributed by atoms with van der Waals surface area (Å²) in [6.45, 7) is 1.46. The smallest absolute Gasteiger partial charge is 0.147 e. The van der Waals surface area contributed by atoms with Crippen LogP contribution in [0.15, 0.2) is 0 Å². The highest BCUT2D eigenvalue weighted by Gasteiger charge is 2.07. The highest BCUT2D eigenvalue weighted by Crippen LogP contribution is 2.03. The van der Waals surface area contributed by atoms with Gasteiger partial charge in [-0.25, -0.2) is 0 Å². The van der Waals surface area contributed by atoms with Gasteiger partial charge in [0.2, 0.25) is 0 Å². The Hall–Kier alpha value is 0.250. The van der Waals surface area contributed by atoms with Crippen molar-refractivity contribution in [3.05, 3.63) is 0 Å². The molecule has 0 aromatic carbocycles. The molecule has 0 aliphatic heterocycles. The molecule has 0 fully saturated rings. The van der Waals surface area contributed by atoms with E-state index in [9.17, 15) is 4.79 Å². The Kier molecular flexibility index (Phi) is 4.29. The predicted octanol–water partition coefficient (Wildman–Crippen LogP) is 1.81. The van der Waals surface area contributed by atoms with E-state index in [1.165, 1.54) is 6.92 Å². The molecule has 0 radical (unpaired) electrons. The van der Waals surface area contributed by atoms with Crippen molar-refractivity contribution in [2.45, 2.75) is 18.7 Å². The lowest BCUT2D eigenvalue weighted by molar-refractivity contribution is -0.116. The molecule has 0 saturated heterocycles. The number of alkyl halides is 2. The quantitative estimate of drug-likeness (QED) is 0.568. The Labute approximate surface area is 59.0 Å². The lowest BCUT2D eigenvalue weighted by atomic mass is 10.2. The van der Waals surface area contributed by atoms with Gasteiger partial charge < -0.3 is 0 Å². The van der Waals surface area contributed by atoms with Crippen molar-refractivity contribution in [1.82, 2.24) is 0 Å². The molecule has 0 rings (SSSR count). The SMILES string of the molecule is CC(=O)C(Cl)CCCl. The first-order valence-electron chi connectivity index (χ1n) is 2.39. The number of Topliss-reactive ketones (excluding diaryl/α,β-unsaturated/α-hetero) is 1. The molecule has 0 aliphatic rings. The van der Waals surface area contributed by atoms with Crippen molar-refractivity contribution in [1.29, 1.82) is 0 Å². The molecule has 1 atom stereocenters. The van der Waals surface area contributed by atoms with Crippen LogP contribution in [0.4, 0.5) is 0 Å². The van der Waals surface area contributed by atoms with Crippen LogP contribution in [0.5, 0.6) is 0 Å². The third kappa shape index (κ3) is 3.28. The molecule has 0 aromatic heterocycles. The van der Waals surface area contributed by atoms with Gasteiger partial charge >= 0.3 is 0 Å². The molecule has 0 spiro atoms. The second-order valence-electron chi connectivity index (χ2n) is 1.56. The van der Waals surface area contributed by atoms with Gasteiger partial charge in [-0.2, -0.15) is 0 Å². The van der Waals surface area contributed by atoms with Gasteiger partial charge in [-0.05, 0) is 13.3 Å². The summed E-state index contributed by atoms with van der Waals surface area (Å²) in [5.74, 6) is 0.445. The minimum atomic E-state index is -0.382. The van der Waals surface area contributed by atoms with E-state index in [1.807, 2.05) is 0 Å². The molecular formula is C5H8Cl2O. The van der Waals surface area contributed by atoms with Crippen LogP contribution >= 0.6 is 23.2 Å². The Morgan fingerprint density at radius 2 is 2.25 bits per heavy atom. The molecule has 0 aromatic rings. The third-order valence-electron chi connectivity index (χ3n) is 0.804. The Bertz CT molecular complexity index is 82.5. The van der Waals surface area contributed by atoms with Crippen LogP contribution in [0.1, 0.15) is 13.3 Å². The molecule has 3 heteroatoms. The summed E-state index contributed by atoms with van der Waals surface area (Å²) in [6.07, 6.45) is 0.568. The maximum atomic E-state index is 10.3. The molecule has 1 nitrogen and oxygen atoms in total. The summed E-state index contributed by atoms with van der Waals surface area (Å²) in [7, 11) is 0. The summed E-state index contributed by atoms with van der Waals surface area (Å²) in [5, 5.41) is -0.382. The first-order valence-corrected chi connectivity index (χ1v) is 3.36. The van der Waals surface area contributed by atoms with E-state index >= 15 is 0 Å². The van der Waals surface area contributed by atoms with Crippen molar-refractivity contribution in [2.75, 3.05) is 5.88 Å². The largest absolute Gasteiger partial charge is 0.298 e. The summed E-state index contributed by atoms with van der Waals surface area (Å²) < 4.78 is 0. The molecule has 8 heavy (non-hydrogen) atoms. The van der Waals surface area contributed by atoms with Crippen LogP contribution in [0.25, 0.3) is 0 Å². The van der Waals surface area contributed by atoms with Crippen LogP contribution in [0.2, 0.25) is 0 Å². The number of ketones is 1. The van der Waals surface area contributed by atoms with Crippen LogP contribution < -0.4 is 0 Å². The van der Waals surface area contributed by atoms with Crippen LogP contribution in [0, 0.1) is 0 Å². The van der Waals surface area contributed by atoms with Crippen molar-refractivity contribution in [3.63, 3.8) is 0 Å². The van der Waals surface area contributed by atoms with Crippen LogP contribution in [0.3, 0.4) is 0 Å². The molecule has 0 heterocycles. The lowest BCUT2D eigenvalue weighted by Crippen LogP contribution is -2.09. The van der Waals surface area contributed by atoms with E-state index < -0.39 is 0 Å². The minimum Gasteiger partial charge on any atom is -0.298 e. The first kappa shape index (κ1) is 8.25. The topological polar surface area (TPSA) is 17.1 Å². The number of rotatable bonds is 3. The van der Waals surface area contributed by atoms with Crippen molar-refractivity contribution in [3.8, 4) is 0 Å². The monoisotopic (exact) mass is 154 g/mol. The fourth-order valence-electron chi connectivity index (χ4n) is 0.299. The van der Waals surface area contributed by atoms with Gasteiger partial charge in [0.1, 0.15) is 5.78 Å². The number of halogens is 2. The van der Waals surface area contributed by atoms with Gasteiger partial charge in [0.25, 0.3) is 0 Å². The predicted molar refractivity (Wildman–Crippen MR) is 35.7 cm³/mol. The summed E-state index contributed by atoms with van der Waals surface area (Å²) in [6, 6.07) is 0. The number of hydrogen-bond donors (Lipinski definition) is 0. The second-order valence-corrected chi connectivity index (χ2v) is 2.46. The third-order valence-corrected chi connectivity index (χ3v) is 1.55. The van der Waals surface area contributed by atoms with E-state index in [4.69, 9.17) is 23.2 Å². The number of hydrogen-bond acceptors (Lipinski definition) is 1. The number of carbonyl (C=O) groups is 1. The van der Waals surface area contributed by atoms with Gasteiger partial charge in [0.05, 0.1) is 5.38 Å². The molecule has 0 aliphatic carbocycles. The van der Waals surface area contributed by atoms with Crippen molar-refractivity contribution < 1.29 is 4.79 Å². The zero-order chi connectivity index (χ0) is 6.57. The lowest BCUT2D eigenvalue weighted by Gasteiger charge is -1.98. The van der Waals surface area contributed by atoms with Gasteiger partial charge in [-0.15, -0.1) is 23.2 Å². The highest BCUT2D eigenvalue weighted by atomic mass is 35.5. The average molecular weight is 155 g/mol. The summed E-state index contributed by atoms with van der Waals surface area (Å²) in [4.78, 5) is 10.3. The van der Waals surface area contributed by atoms with Gasteiger partial charge in [-0.1, -0.05) is 0 Å². The highest BCUT2D eigenvalue weighted by molar-refractivity contribution is 6.31. The zero-order valence-corrected chi connectivity index (χ0v) is 6.17. The Morgan fingerprint density at radius 3 is 2.38 bits per heavy atom. The van der Waals surface area contributed by atoms with E-state index in [-0.39, 0.29) is 11.2 Å². The standard InChI is InChI=1S/C5H8Cl2O/c1-4(8)5(7)2-3-6/h5H,2-3H2,1H3. The average Bonchev–Trinajstić information content (AvgIpc) is 1.67. The summed E-state index contributed by atoms with van der Waals surface area (Å²) >= 11 is 10.8. The molecule has 0 saturated carbocycles. The van der Waals surface area contributed by atoms with Crippen LogP contribution in [-0.2, 0) is 4.79 Å². The maximum Gasteiger partial charge on any atom is 0.147 e. The maximum absolute atomic E-state index is 10.3. The van der Waals surface area contributed by atoms with E-state index in [0.717, 1.165) is 0 Å². The second kappa shape index (κ2) is 4.16. The molecule has 1 unspecified atom stereocenters. The van der Waals surface area contributed by atoms with E-state index in [1.54, 1.807) is 0 Å². The minimum absolute atomic E-state index is 0.00711. The molecule has 48 valence electrons. The zero-order valence-electron chi connectivity index (χ0n) is 4.66. The van der Waals surface area contributed by atoms with E-state index in [0.29, 0.717) is 12.3 Å². The normalized spacial score (nSPS) is 13.4. The fraction of sp³-hybridized carbons (Fsp3) is 0.800. The van der Waals surface area contributed by atoms with Crippen molar-refractivity contribution >= 4 is 29.0 Å². The fourth-order valence-corrected chi connectivity index (χ4v) is 0.738. The van der Waals surface area contributed by atoms with Gasteiger partial charge in [-0.3, -0.25) is 4.79 Å². The molecule has 0 N–H and O–H groups in total. The molecule has 0 amide bonds. The Balaban J connectivity index is 3.32.